The van der Waals surface area contributed by atoms with E-state index < -0.39 is 12.2 Å². The topological polar surface area (TPSA) is 58.6 Å². The van der Waals surface area contributed by atoms with Crippen LogP contribution in [-0.2, 0) is 11.2 Å². The first-order valence-electron chi connectivity index (χ1n) is 9.41. The van der Waals surface area contributed by atoms with Crippen molar-refractivity contribution in [3.63, 3.8) is 0 Å². The molecule has 0 radical (unpaired) electrons. The predicted octanol–water partition coefficient (Wildman–Crippen LogP) is 4.51. The maximum atomic E-state index is 11.9. The summed E-state index contributed by atoms with van der Waals surface area (Å²) in [5.41, 5.74) is 2.09. The maximum Gasteiger partial charge on any atom is 0.407 e. The molecular weight excluding hydrogens is 302 g/mol. The highest BCUT2D eigenvalue weighted by Crippen LogP contribution is 2.31. The highest BCUT2D eigenvalue weighted by atomic mass is 16.5. The second kappa shape index (κ2) is 10.3. The SMILES string of the molecule is CCCCCCCCCCOC(=O)N[C@@H]1c2ccccc2C[C@@H]1O. The molecule has 4 nitrogen and oxygen atoms in total. The third-order valence-electron chi connectivity index (χ3n) is 4.71. The third kappa shape index (κ3) is 5.82. The van der Waals surface area contributed by atoms with Crippen molar-refractivity contribution in [2.75, 3.05) is 6.61 Å². The van der Waals surface area contributed by atoms with Gasteiger partial charge in [0.15, 0.2) is 0 Å². The van der Waals surface area contributed by atoms with Crippen LogP contribution in [0.5, 0.6) is 0 Å². The number of rotatable bonds is 10. The maximum absolute atomic E-state index is 11.9. The Morgan fingerprint density at radius 2 is 1.79 bits per heavy atom. The molecule has 134 valence electrons. The summed E-state index contributed by atoms with van der Waals surface area (Å²) in [6, 6.07) is 7.47. The molecule has 2 rings (SSSR count). The molecule has 0 aromatic heterocycles. The predicted molar refractivity (Wildman–Crippen MR) is 96.0 cm³/mol. The highest BCUT2D eigenvalue weighted by molar-refractivity contribution is 5.68. The number of aliphatic hydroxyl groups excluding tert-OH is 1. The molecule has 2 N–H and O–H groups in total. The summed E-state index contributed by atoms with van der Waals surface area (Å²) in [5.74, 6) is 0. The van der Waals surface area contributed by atoms with Crippen molar-refractivity contribution < 1.29 is 14.6 Å². The summed E-state index contributed by atoms with van der Waals surface area (Å²) in [5, 5.41) is 12.9. The van der Waals surface area contributed by atoms with Crippen molar-refractivity contribution in [1.82, 2.24) is 5.32 Å². The smallest absolute Gasteiger partial charge is 0.407 e. The Kier molecular flexibility index (Phi) is 8.10. The molecule has 1 aromatic carbocycles. The average molecular weight is 333 g/mol. The molecule has 1 aromatic rings. The number of amides is 1. The molecule has 1 amide bonds. The molecule has 0 unspecified atom stereocenters. The van der Waals surface area contributed by atoms with E-state index >= 15 is 0 Å². The first-order valence-corrected chi connectivity index (χ1v) is 9.41. The fourth-order valence-electron chi connectivity index (χ4n) is 3.32. The van der Waals surface area contributed by atoms with Gasteiger partial charge in [0.2, 0.25) is 0 Å². The van der Waals surface area contributed by atoms with Crippen molar-refractivity contribution in [3.05, 3.63) is 35.4 Å². The van der Waals surface area contributed by atoms with Crippen LogP contribution in [0.25, 0.3) is 0 Å². The number of hydrogen-bond acceptors (Lipinski definition) is 3. The molecular formula is C20H31NO3. The number of carbonyl (C=O) groups is 1. The van der Waals surface area contributed by atoms with Gasteiger partial charge in [-0.3, -0.25) is 0 Å². The number of hydrogen-bond donors (Lipinski definition) is 2. The average Bonchev–Trinajstić information content (AvgIpc) is 2.89. The van der Waals surface area contributed by atoms with Crippen LogP contribution in [-0.4, -0.2) is 23.9 Å². The first kappa shape index (κ1) is 18.8. The summed E-state index contributed by atoms with van der Waals surface area (Å²) in [7, 11) is 0. The lowest BCUT2D eigenvalue weighted by molar-refractivity contribution is 0.111. The molecule has 0 spiro atoms. The number of alkyl carbamates (subject to hydrolysis) is 1. The van der Waals surface area contributed by atoms with E-state index in [1.807, 2.05) is 24.3 Å². The Morgan fingerprint density at radius 3 is 2.54 bits per heavy atom. The quantitative estimate of drug-likeness (QED) is 0.619. The molecule has 0 saturated heterocycles. The molecule has 2 atom stereocenters. The van der Waals surface area contributed by atoms with Crippen LogP contribution in [0.1, 0.15) is 75.5 Å². The molecule has 0 aliphatic heterocycles. The van der Waals surface area contributed by atoms with E-state index in [4.69, 9.17) is 4.74 Å². The van der Waals surface area contributed by atoms with Gasteiger partial charge in [-0.15, -0.1) is 0 Å². The van der Waals surface area contributed by atoms with E-state index in [0.29, 0.717) is 13.0 Å². The monoisotopic (exact) mass is 333 g/mol. The van der Waals surface area contributed by atoms with Gasteiger partial charge in [0, 0.05) is 6.42 Å². The van der Waals surface area contributed by atoms with Gasteiger partial charge in [-0.2, -0.15) is 0 Å². The normalized spacial score (nSPS) is 19.1. The van der Waals surface area contributed by atoms with E-state index in [1.54, 1.807) is 0 Å². The van der Waals surface area contributed by atoms with E-state index in [-0.39, 0.29) is 6.04 Å². The molecule has 0 saturated carbocycles. The molecule has 1 aliphatic carbocycles. The lowest BCUT2D eigenvalue weighted by atomic mass is 10.1. The zero-order valence-corrected chi connectivity index (χ0v) is 14.8. The number of ether oxygens (including phenoxy) is 1. The van der Waals surface area contributed by atoms with Crippen molar-refractivity contribution >= 4 is 6.09 Å². The van der Waals surface area contributed by atoms with E-state index in [1.165, 1.54) is 38.5 Å². The summed E-state index contributed by atoms with van der Waals surface area (Å²) < 4.78 is 5.25. The fraction of sp³-hybridized carbons (Fsp3) is 0.650. The number of nitrogens with one attached hydrogen (secondary N) is 1. The van der Waals surface area contributed by atoms with Crippen molar-refractivity contribution in [2.45, 2.75) is 76.9 Å². The Morgan fingerprint density at radius 1 is 1.12 bits per heavy atom. The lowest BCUT2D eigenvalue weighted by Crippen LogP contribution is -2.34. The second-order valence-electron chi connectivity index (χ2n) is 6.70. The van der Waals surface area contributed by atoms with Gasteiger partial charge in [0.25, 0.3) is 0 Å². The van der Waals surface area contributed by atoms with Gasteiger partial charge in [-0.25, -0.2) is 4.79 Å². The minimum absolute atomic E-state index is 0.354. The summed E-state index contributed by atoms with van der Waals surface area (Å²) in [4.78, 5) is 11.9. The zero-order valence-electron chi connectivity index (χ0n) is 14.8. The van der Waals surface area contributed by atoms with Gasteiger partial charge in [0.05, 0.1) is 18.8 Å². The summed E-state index contributed by atoms with van der Waals surface area (Å²) in [6.07, 6.45) is 9.34. The van der Waals surface area contributed by atoms with Crippen LogP contribution in [0, 0.1) is 0 Å². The van der Waals surface area contributed by atoms with E-state index in [2.05, 4.69) is 12.2 Å². The van der Waals surface area contributed by atoms with Gasteiger partial charge in [0.1, 0.15) is 0 Å². The van der Waals surface area contributed by atoms with Crippen LogP contribution in [0.4, 0.5) is 4.79 Å². The molecule has 0 fully saturated rings. The molecule has 0 bridgehead atoms. The Bertz CT molecular complexity index is 503. The van der Waals surface area contributed by atoms with Gasteiger partial charge in [-0.05, 0) is 17.5 Å². The highest BCUT2D eigenvalue weighted by Gasteiger charge is 2.32. The van der Waals surface area contributed by atoms with Crippen molar-refractivity contribution in [1.29, 1.82) is 0 Å². The van der Waals surface area contributed by atoms with Crippen LogP contribution in [0.2, 0.25) is 0 Å². The van der Waals surface area contributed by atoms with Gasteiger partial charge >= 0.3 is 6.09 Å². The summed E-state index contributed by atoms with van der Waals surface area (Å²) >= 11 is 0. The van der Waals surface area contributed by atoms with Crippen LogP contribution in [0.15, 0.2) is 24.3 Å². The minimum atomic E-state index is -0.571. The number of carbonyl (C=O) groups excluding carboxylic acids is 1. The molecule has 4 heteroatoms. The number of aliphatic hydroxyl groups is 1. The molecule has 24 heavy (non-hydrogen) atoms. The van der Waals surface area contributed by atoms with Crippen LogP contribution < -0.4 is 5.32 Å². The minimum Gasteiger partial charge on any atom is -0.450 e. The second-order valence-corrected chi connectivity index (χ2v) is 6.70. The van der Waals surface area contributed by atoms with Gasteiger partial charge < -0.3 is 15.2 Å². The molecule has 0 heterocycles. The summed E-state index contributed by atoms with van der Waals surface area (Å²) in [6.45, 7) is 2.68. The first-order chi connectivity index (χ1) is 11.7. The van der Waals surface area contributed by atoms with E-state index in [9.17, 15) is 9.90 Å². The van der Waals surface area contributed by atoms with Crippen LogP contribution >= 0.6 is 0 Å². The number of fused-ring (bicyclic) bond motifs is 1. The van der Waals surface area contributed by atoms with Crippen molar-refractivity contribution in [2.24, 2.45) is 0 Å². The Hall–Kier alpha value is -1.55. The Balaban J connectivity index is 1.57. The number of benzene rings is 1. The fourth-order valence-corrected chi connectivity index (χ4v) is 3.32. The lowest BCUT2D eigenvalue weighted by Gasteiger charge is -2.17. The molecule has 1 aliphatic rings. The Labute approximate surface area is 145 Å². The van der Waals surface area contributed by atoms with Gasteiger partial charge in [-0.1, -0.05) is 76.1 Å². The van der Waals surface area contributed by atoms with E-state index in [0.717, 1.165) is 24.0 Å². The third-order valence-corrected chi connectivity index (χ3v) is 4.71. The van der Waals surface area contributed by atoms with Crippen LogP contribution in [0.3, 0.4) is 0 Å². The van der Waals surface area contributed by atoms with Crippen molar-refractivity contribution in [3.8, 4) is 0 Å². The standard InChI is InChI=1S/C20H31NO3/c1-2-3-4-5-6-7-8-11-14-24-20(23)21-19-17-13-10-9-12-16(17)15-18(19)22/h9-10,12-13,18-19,22H,2-8,11,14-15H2,1H3,(H,21,23)/t18-,19+/m0/s1. The zero-order chi connectivity index (χ0) is 17.2. The largest absolute Gasteiger partial charge is 0.450 e. The number of unbranched alkanes of at least 4 members (excludes halogenated alkanes) is 7.